The van der Waals surface area contributed by atoms with Gasteiger partial charge in [-0.25, -0.2) is 4.98 Å². The summed E-state index contributed by atoms with van der Waals surface area (Å²) in [5.74, 6) is 0.904. The molecule has 2 aromatic carbocycles. The third kappa shape index (κ3) is 5.78. The summed E-state index contributed by atoms with van der Waals surface area (Å²) in [6.45, 7) is 0.371. The second kappa shape index (κ2) is 10.0. The van der Waals surface area contributed by atoms with Crippen molar-refractivity contribution >= 4 is 23.6 Å². The summed E-state index contributed by atoms with van der Waals surface area (Å²) >= 11 is 0. The van der Waals surface area contributed by atoms with E-state index in [2.05, 4.69) is 10.3 Å². The summed E-state index contributed by atoms with van der Waals surface area (Å²) in [7, 11) is 1.61. The van der Waals surface area contributed by atoms with Crippen molar-refractivity contribution in [1.29, 1.82) is 0 Å². The number of hydrogen-bond acceptors (Lipinski definition) is 5. The van der Waals surface area contributed by atoms with E-state index in [1.54, 1.807) is 43.6 Å². The second-order valence-electron chi connectivity index (χ2n) is 6.67. The molecule has 0 unspecified atom stereocenters. The number of anilines is 1. The zero-order chi connectivity index (χ0) is 21.3. The molecular formula is C24H23N3O3. The maximum atomic E-state index is 12.4. The largest absolute Gasteiger partial charge is 0.497 e. The summed E-state index contributed by atoms with van der Waals surface area (Å²) in [6, 6.07) is 18.1. The normalized spacial score (nSPS) is 10.7. The third-order valence-corrected chi connectivity index (χ3v) is 4.56. The molecule has 3 rings (SSSR count). The Morgan fingerprint density at radius 2 is 1.80 bits per heavy atom. The second-order valence-corrected chi connectivity index (χ2v) is 6.67. The van der Waals surface area contributed by atoms with Gasteiger partial charge in [0.15, 0.2) is 5.78 Å². The first-order valence-electron chi connectivity index (χ1n) is 9.46. The Hall–Kier alpha value is -3.93. The molecule has 30 heavy (non-hydrogen) atoms. The van der Waals surface area contributed by atoms with Crippen molar-refractivity contribution in [3.05, 3.63) is 95.2 Å². The highest BCUT2D eigenvalue weighted by atomic mass is 16.5. The number of hydrogen-bond donors (Lipinski definition) is 2. The quantitative estimate of drug-likeness (QED) is 0.445. The Labute approximate surface area is 175 Å². The zero-order valence-corrected chi connectivity index (χ0v) is 16.7. The molecule has 0 saturated heterocycles. The smallest absolute Gasteiger partial charge is 0.244 e. The number of nitrogens with zero attached hydrogens (tertiary/aromatic N) is 1. The SMILES string of the molecule is COc1ccc(/C=C/C(=O)NCc2ccc(C(=O)Cc3cccnc3N)cc2)cc1. The van der Waals surface area contributed by atoms with E-state index in [0.29, 0.717) is 23.5 Å². The molecule has 1 aromatic heterocycles. The number of ketones is 1. The predicted molar refractivity (Wildman–Crippen MR) is 117 cm³/mol. The molecule has 0 radical (unpaired) electrons. The van der Waals surface area contributed by atoms with E-state index in [1.165, 1.54) is 6.08 Å². The first-order chi connectivity index (χ1) is 14.5. The summed E-state index contributed by atoms with van der Waals surface area (Å²) < 4.78 is 5.11. The van der Waals surface area contributed by atoms with Gasteiger partial charge in [-0.3, -0.25) is 9.59 Å². The van der Waals surface area contributed by atoms with Gasteiger partial charge >= 0.3 is 0 Å². The third-order valence-electron chi connectivity index (χ3n) is 4.56. The minimum atomic E-state index is -0.196. The number of nitrogens with two attached hydrogens (primary N) is 1. The summed E-state index contributed by atoms with van der Waals surface area (Å²) in [5.41, 5.74) is 8.91. The first-order valence-corrected chi connectivity index (χ1v) is 9.46. The molecule has 0 fully saturated rings. The molecule has 3 aromatic rings. The molecule has 0 saturated carbocycles. The highest BCUT2D eigenvalue weighted by Gasteiger charge is 2.09. The molecule has 6 heteroatoms. The fourth-order valence-electron chi connectivity index (χ4n) is 2.82. The van der Waals surface area contributed by atoms with Crippen LogP contribution in [0.15, 0.2) is 72.9 Å². The lowest BCUT2D eigenvalue weighted by molar-refractivity contribution is -0.116. The van der Waals surface area contributed by atoms with Crippen LogP contribution in [-0.2, 0) is 17.8 Å². The van der Waals surface area contributed by atoms with Crippen LogP contribution in [0.5, 0.6) is 5.75 Å². The van der Waals surface area contributed by atoms with Gasteiger partial charge in [-0.2, -0.15) is 0 Å². The van der Waals surface area contributed by atoms with Gasteiger partial charge in [-0.1, -0.05) is 42.5 Å². The van der Waals surface area contributed by atoms with E-state index in [1.807, 2.05) is 36.4 Å². The molecule has 0 atom stereocenters. The van der Waals surface area contributed by atoms with Crippen molar-refractivity contribution in [3.8, 4) is 5.75 Å². The Morgan fingerprint density at radius 1 is 1.07 bits per heavy atom. The first kappa shape index (κ1) is 20.8. The molecule has 1 amide bonds. The molecule has 0 aliphatic carbocycles. The van der Waals surface area contributed by atoms with Crippen LogP contribution in [0.4, 0.5) is 5.82 Å². The van der Waals surface area contributed by atoms with Crippen molar-refractivity contribution in [2.75, 3.05) is 12.8 Å². The Bertz CT molecular complexity index is 1040. The molecule has 0 aliphatic rings. The van der Waals surface area contributed by atoms with E-state index in [9.17, 15) is 9.59 Å². The van der Waals surface area contributed by atoms with E-state index in [4.69, 9.17) is 10.5 Å². The number of pyridine rings is 1. The van der Waals surface area contributed by atoms with E-state index >= 15 is 0 Å². The van der Waals surface area contributed by atoms with Crippen LogP contribution in [0.2, 0.25) is 0 Å². The van der Waals surface area contributed by atoms with E-state index in [-0.39, 0.29) is 18.1 Å². The van der Waals surface area contributed by atoms with Gasteiger partial charge < -0.3 is 15.8 Å². The molecule has 152 valence electrons. The standard InChI is InChI=1S/C24H23N3O3/c1-30-21-11-6-17(7-12-21)8-13-23(29)27-16-18-4-9-19(10-5-18)22(28)15-20-3-2-14-26-24(20)25/h2-14H,15-16H2,1H3,(H2,25,26)(H,27,29)/b13-8+. The van der Waals surface area contributed by atoms with Gasteiger partial charge in [0.2, 0.25) is 5.91 Å². The van der Waals surface area contributed by atoms with Crippen LogP contribution < -0.4 is 15.8 Å². The van der Waals surface area contributed by atoms with Crippen LogP contribution in [-0.4, -0.2) is 23.8 Å². The number of methoxy groups -OCH3 is 1. The molecule has 1 heterocycles. The van der Waals surface area contributed by atoms with Crippen molar-refractivity contribution < 1.29 is 14.3 Å². The number of benzene rings is 2. The highest BCUT2D eigenvalue weighted by Crippen LogP contribution is 2.14. The van der Waals surface area contributed by atoms with Gasteiger partial charge in [0.25, 0.3) is 0 Å². The van der Waals surface area contributed by atoms with Crippen molar-refractivity contribution in [2.45, 2.75) is 13.0 Å². The monoisotopic (exact) mass is 401 g/mol. The van der Waals surface area contributed by atoms with Gasteiger partial charge in [-0.05, 0) is 35.4 Å². The fourth-order valence-corrected chi connectivity index (χ4v) is 2.82. The van der Waals surface area contributed by atoms with Crippen molar-refractivity contribution in [2.24, 2.45) is 0 Å². The number of nitrogens with one attached hydrogen (secondary N) is 1. The van der Waals surface area contributed by atoms with Crippen LogP contribution in [0.3, 0.4) is 0 Å². The molecular weight excluding hydrogens is 378 g/mol. The molecule has 0 spiro atoms. The van der Waals surface area contributed by atoms with Crippen molar-refractivity contribution in [1.82, 2.24) is 10.3 Å². The number of carbonyl (C=O) groups excluding carboxylic acids is 2. The number of nitrogen functional groups attached to an aromatic ring is 1. The summed E-state index contributed by atoms with van der Waals surface area (Å²) in [4.78, 5) is 28.5. The Balaban J connectivity index is 1.51. The van der Waals surface area contributed by atoms with Crippen LogP contribution in [0.1, 0.15) is 27.0 Å². The maximum absolute atomic E-state index is 12.4. The minimum absolute atomic E-state index is 0.0345. The summed E-state index contributed by atoms with van der Waals surface area (Å²) in [5, 5.41) is 2.83. The van der Waals surface area contributed by atoms with E-state index in [0.717, 1.165) is 16.9 Å². The summed E-state index contributed by atoms with van der Waals surface area (Å²) in [6.07, 6.45) is 5.02. The van der Waals surface area contributed by atoms with Crippen molar-refractivity contribution in [3.63, 3.8) is 0 Å². The van der Waals surface area contributed by atoms with E-state index < -0.39 is 0 Å². The maximum Gasteiger partial charge on any atom is 0.244 e. The van der Waals surface area contributed by atoms with Crippen LogP contribution in [0, 0.1) is 0 Å². The molecule has 3 N–H and O–H groups in total. The van der Waals surface area contributed by atoms with Gasteiger partial charge in [0.1, 0.15) is 11.6 Å². The van der Waals surface area contributed by atoms with Gasteiger partial charge in [0.05, 0.1) is 7.11 Å². The number of aromatic nitrogens is 1. The van der Waals surface area contributed by atoms with Crippen LogP contribution >= 0.6 is 0 Å². The Morgan fingerprint density at radius 3 is 2.47 bits per heavy atom. The average Bonchev–Trinajstić information content (AvgIpc) is 2.78. The lowest BCUT2D eigenvalue weighted by Gasteiger charge is -2.06. The average molecular weight is 401 g/mol. The Kier molecular flexibility index (Phi) is 6.95. The highest BCUT2D eigenvalue weighted by molar-refractivity contribution is 5.98. The number of carbonyl (C=O) groups is 2. The number of ether oxygens (including phenoxy) is 1. The van der Waals surface area contributed by atoms with Crippen LogP contribution in [0.25, 0.3) is 6.08 Å². The molecule has 0 aliphatic heterocycles. The molecule has 6 nitrogen and oxygen atoms in total. The lowest BCUT2D eigenvalue weighted by atomic mass is 10.0. The zero-order valence-electron chi connectivity index (χ0n) is 16.7. The minimum Gasteiger partial charge on any atom is -0.497 e. The fraction of sp³-hybridized carbons (Fsp3) is 0.125. The molecule has 0 bridgehead atoms. The lowest BCUT2D eigenvalue weighted by Crippen LogP contribution is -2.20. The van der Waals surface area contributed by atoms with Gasteiger partial charge in [0, 0.05) is 36.4 Å². The number of amides is 1. The number of rotatable bonds is 8. The van der Waals surface area contributed by atoms with Gasteiger partial charge in [-0.15, -0.1) is 0 Å². The number of Topliss-reactive ketones (excluding diaryl/α,β-unsaturated/α-hetero) is 1. The topological polar surface area (TPSA) is 94.3 Å². The predicted octanol–water partition coefficient (Wildman–Crippen LogP) is 3.43.